The number of carbonyl (C=O) groups is 3. The Labute approximate surface area is 269 Å². The number of rotatable bonds is 6. The van der Waals surface area contributed by atoms with E-state index in [1.807, 2.05) is 71.1 Å². The van der Waals surface area contributed by atoms with Gasteiger partial charge in [-0.2, -0.15) is 24.9 Å². The first-order chi connectivity index (χ1) is 21.3. The summed E-state index contributed by atoms with van der Waals surface area (Å²) < 4.78 is 31.7. The van der Waals surface area contributed by atoms with Crippen LogP contribution in [0.25, 0.3) is 10.9 Å². The zero-order valence-corrected chi connectivity index (χ0v) is 26.8. The standard InChI is InChI=1S/C29H36ClN5O2S.C2HF3O2/c1-19(24-16-31-25-7-5-4-6-23(24)25)27(32-29(37)34-10-12-38-13-11-34)28(36)35-18-20(17-33(2)3)14-21-15-22(30)8-9-26(21)35;3-2(4,5)1(6)7/h4-9,15-16,19-20,27,31H,10-14,17-18H2,1-3H3,(H,32,37);(H,6,7)/t19?,20-,27?;/m1./s1. The predicted molar refractivity (Wildman–Crippen MR) is 171 cm³/mol. The number of urea groups is 1. The summed E-state index contributed by atoms with van der Waals surface area (Å²) in [7, 11) is 4.11. The van der Waals surface area contributed by atoms with E-state index in [9.17, 15) is 22.8 Å². The highest BCUT2D eigenvalue weighted by Gasteiger charge is 2.39. The number of aliphatic carboxylic acids is 1. The minimum atomic E-state index is -5.08. The summed E-state index contributed by atoms with van der Waals surface area (Å²) >= 11 is 8.22. The molecule has 1 saturated heterocycles. The summed E-state index contributed by atoms with van der Waals surface area (Å²) in [5.74, 6) is -1.000. The fourth-order valence-corrected chi connectivity index (χ4v) is 6.87. The average Bonchev–Trinajstić information content (AvgIpc) is 3.43. The lowest BCUT2D eigenvalue weighted by Crippen LogP contribution is -2.57. The van der Waals surface area contributed by atoms with Crippen LogP contribution in [0.5, 0.6) is 0 Å². The number of aromatic amines is 1. The number of alkyl halides is 3. The van der Waals surface area contributed by atoms with Crippen molar-refractivity contribution >= 4 is 57.9 Å². The van der Waals surface area contributed by atoms with Crippen LogP contribution in [0, 0.1) is 5.92 Å². The van der Waals surface area contributed by atoms with Crippen LogP contribution in [0.3, 0.4) is 0 Å². The Morgan fingerprint density at radius 3 is 2.47 bits per heavy atom. The molecule has 0 saturated carbocycles. The van der Waals surface area contributed by atoms with Gasteiger partial charge in [0.25, 0.3) is 0 Å². The quantitative estimate of drug-likeness (QED) is 0.323. The molecule has 0 aliphatic carbocycles. The van der Waals surface area contributed by atoms with Gasteiger partial charge in [-0.05, 0) is 61.8 Å². The maximum atomic E-state index is 14.5. The molecule has 2 aliphatic rings. The first-order valence-electron chi connectivity index (χ1n) is 14.5. The molecule has 14 heteroatoms. The summed E-state index contributed by atoms with van der Waals surface area (Å²) in [5, 5.41) is 12.0. The molecule has 0 radical (unpaired) electrons. The molecule has 9 nitrogen and oxygen atoms in total. The molecule has 3 heterocycles. The van der Waals surface area contributed by atoms with Crippen molar-refractivity contribution in [3.8, 4) is 0 Å². The largest absolute Gasteiger partial charge is 0.490 e. The van der Waals surface area contributed by atoms with E-state index in [0.29, 0.717) is 24.7 Å². The number of carboxylic acids is 1. The lowest BCUT2D eigenvalue weighted by atomic mass is 9.88. The number of nitrogens with zero attached hydrogens (tertiary/aromatic N) is 3. The lowest BCUT2D eigenvalue weighted by Gasteiger charge is -2.39. The minimum Gasteiger partial charge on any atom is -0.475 e. The smallest absolute Gasteiger partial charge is 0.475 e. The van der Waals surface area contributed by atoms with Gasteiger partial charge in [0.15, 0.2) is 0 Å². The maximum absolute atomic E-state index is 14.5. The van der Waals surface area contributed by atoms with Gasteiger partial charge in [-0.1, -0.05) is 36.7 Å². The number of anilines is 1. The zero-order chi connectivity index (χ0) is 32.9. The number of nitrogens with one attached hydrogen (secondary N) is 2. The molecule has 3 atom stereocenters. The Kier molecular flexibility index (Phi) is 11.3. The van der Waals surface area contributed by atoms with E-state index in [-0.39, 0.29) is 23.8 Å². The number of carboxylic acid groups (broad SMARTS) is 1. The van der Waals surface area contributed by atoms with Crippen LogP contribution in [0.15, 0.2) is 48.7 Å². The van der Waals surface area contributed by atoms with E-state index in [1.54, 1.807) is 0 Å². The van der Waals surface area contributed by atoms with Crippen LogP contribution in [0.1, 0.15) is 24.0 Å². The molecule has 2 aliphatic heterocycles. The van der Waals surface area contributed by atoms with E-state index in [4.69, 9.17) is 21.5 Å². The third kappa shape index (κ3) is 8.65. The number of thioether (sulfide) groups is 1. The fourth-order valence-electron chi connectivity index (χ4n) is 5.77. The maximum Gasteiger partial charge on any atom is 0.490 e. The number of hydrogen-bond donors (Lipinski definition) is 3. The van der Waals surface area contributed by atoms with E-state index in [0.717, 1.165) is 52.2 Å². The van der Waals surface area contributed by atoms with Crippen molar-refractivity contribution in [1.82, 2.24) is 20.1 Å². The van der Waals surface area contributed by atoms with Gasteiger partial charge >= 0.3 is 18.2 Å². The summed E-state index contributed by atoms with van der Waals surface area (Å²) in [4.78, 5) is 46.0. The van der Waals surface area contributed by atoms with E-state index >= 15 is 0 Å². The first kappa shape index (κ1) is 34.5. The molecule has 3 aromatic rings. The second-order valence-electron chi connectivity index (χ2n) is 11.5. The Morgan fingerprint density at radius 1 is 1.16 bits per heavy atom. The van der Waals surface area contributed by atoms with Crippen LogP contribution >= 0.6 is 23.4 Å². The van der Waals surface area contributed by atoms with Gasteiger partial charge in [-0.3, -0.25) is 4.79 Å². The van der Waals surface area contributed by atoms with Crippen molar-refractivity contribution in [3.63, 3.8) is 0 Å². The number of para-hydroxylation sites is 1. The Hall–Kier alpha value is -3.42. The topological polar surface area (TPSA) is 109 Å². The molecule has 5 rings (SSSR count). The van der Waals surface area contributed by atoms with Crippen LogP contribution < -0.4 is 10.2 Å². The molecule has 0 spiro atoms. The van der Waals surface area contributed by atoms with Gasteiger partial charge < -0.3 is 30.1 Å². The molecule has 2 unspecified atom stereocenters. The minimum absolute atomic E-state index is 0.0884. The zero-order valence-electron chi connectivity index (χ0n) is 25.2. The van der Waals surface area contributed by atoms with Gasteiger partial charge in [-0.15, -0.1) is 0 Å². The average molecular weight is 668 g/mol. The number of carbonyl (C=O) groups excluding carboxylic acids is 2. The first-order valence-corrected chi connectivity index (χ1v) is 16.0. The van der Waals surface area contributed by atoms with Crippen molar-refractivity contribution in [2.75, 3.05) is 56.7 Å². The number of halogens is 4. The second-order valence-corrected chi connectivity index (χ2v) is 13.1. The highest BCUT2D eigenvalue weighted by Crippen LogP contribution is 2.35. The summed E-state index contributed by atoms with van der Waals surface area (Å²) in [6.07, 6.45) is -2.25. The van der Waals surface area contributed by atoms with Gasteiger partial charge in [0, 0.05) is 71.4 Å². The molecule has 1 fully saturated rings. The van der Waals surface area contributed by atoms with Gasteiger partial charge in [0.2, 0.25) is 5.91 Å². The highest BCUT2D eigenvalue weighted by molar-refractivity contribution is 7.99. The Morgan fingerprint density at radius 2 is 1.82 bits per heavy atom. The molecule has 3 N–H and O–H groups in total. The molecule has 45 heavy (non-hydrogen) atoms. The van der Waals surface area contributed by atoms with Crippen molar-refractivity contribution in [2.24, 2.45) is 5.92 Å². The monoisotopic (exact) mass is 667 g/mol. The normalized spacial score (nSPS) is 18.1. The SMILES string of the molecule is CC(c1c[nH]c2ccccc12)C(NC(=O)N1CCSCC1)C(=O)N1C[C@@H](CN(C)C)Cc2cc(Cl)ccc21.O=C(O)C(F)(F)F. The second kappa shape index (κ2) is 14.8. The fraction of sp³-hybridized carbons (Fsp3) is 0.452. The number of benzene rings is 2. The number of aromatic nitrogens is 1. The van der Waals surface area contributed by atoms with Crippen LogP contribution in [0.4, 0.5) is 23.7 Å². The molecule has 3 amide bonds. The molecule has 1 aromatic heterocycles. The van der Waals surface area contributed by atoms with Crippen molar-refractivity contribution in [1.29, 1.82) is 0 Å². The van der Waals surface area contributed by atoms with Crippen LogP contribution in [0.2, 0.25) is 5.02 Å². The van der Waals surface area contributed by atoms with Gasteiger partial charge in [0.05, 0.1) is 0 Å². The third-order valence-corrected chi connectivity index (χ3v) is 9.05. The lowest BCUT2D eigenvalue weighted by molar-refractivity contribution is -0.192. The molecular weight excluding hydrogens is 631 g/mol. The van der Waals surface area contributed by atoms with Crippen LogP contribution in [-0.2, 0) is 16.0 Å². The number of hydrogen-bond acceptors (Lipinski definition) is 5. The Bertz CT molecular complexity index is 1510. The number of fused-ring (bicyclic) bond motifs is 2. The Balaban J connectivity index is 0.000000591. The van der Waals surface area contributed by atoms with Crippen LogP contribution in [-0.4, -0.2) is 102 Å². The molecule has 244 valence electrons. The summed E-state index contributed by atoms with van der Waals surface area (Å²) in [5.41, 5.74) is 3.99. The van der Waals surface area contributed by atoms with E-state index < -0.39 is 18.2 Å². The summed E-state index contributed by atoms with van der Waals surface area (Å²) in [6.45, 7) is 4.87. The molecule has 0 bridgehead atoms. The van der Waals surface area contributed by atoms with Crippen molar-refractivity contribution in [2.45, 2.75) is 31.5 Å². The van der Waals surface area contributed by atoms with E-state index in [2.05, 4.69) is 35.4 Å². The van der Waals surface area contributed by atoms with Gasteiger partial charge in [-0.25, -0.2) is 9.59 Å². The summed E-state index contributed by atoms with van der Waals surface area (Å²) in [6, 6.07) is 13.0. The highest BCUT2D eigenvalue weighted by atomic mass is 35.5. The molecular formula is C31H37ClF3N5O4S. The molecule has 2 aromatic carbocycles. The third-order valence-electron chi connectivity index (χ3n) is 7.87. The number of amides is 3. The van der Waals surface area contributed by atoms with Crippen molar-refractivity contribution in [3.05, 3.63) is 64.8 Å². The predicted octanol–water partition coefficient (Wildman–Crippen LogP) is 5.45. The van der Waals surface area contributed by atoms with Crippen molar-refractivity contribution < 1.29 is 32.7 Å². The van der Waals surface area contributed by atoms with Gasteiger partial charge in [0.1, 0.15) is 6.04 Å². The van der Waals surface area contributed by atoms with E-state index in [1.165, 1.54) is 0 Å². The number of H-pyrrole nitrogens is 1.